The van der Waals surface area contributed by atoms with E-state index in [0.717, 1.165) is 38.7 Å². The van der Waals surface area contributed by atoms with Gasteiger partial charge in [-0.05, 0) is 37.8 Å². The Labute approximate surface area is 157 Å². The third-order valence-electron chi connectivity index (χ3n) is 4.51. The zero-order chi connectivity index (χ0) is 18.8. The van der Waals surface area contributed by atoms with Gasteiger partial charge in [0.25, 0.3) is 0 Å². The zero-order valence-corrected chi connectivity index (χ0v) is 16.3. The molecule has 0 aromatic heterocycles. The highest BCUT2D eigenvalue weighted by Crippen LogP contribution is 2.25. The second-order valence-electron chi connectivity index (χ2n) is 6.55. The van der Waals surface area contributed by atoms with Crippen molar-refractivity contribution in [1.29, 1.82) is 0 Å². The van der Waals surface area contributed by atoms with E-state index in [-0.39, 0.29) is 10.8 Å². The van der Waals surface area contributed by atoms with Crippen LogP contribution in [0.5, 0.6) is 0 Å². The Morgan fingerprint density at radius 2 is 1.92 bits per heavy atom. The average Bonchev–Trinajstić information content (AvgIpc) is 2.68. The molecule has 1 N–H and O–H groups in total. The normalized spacial score (nSPS) is 18.6. The molecule has 7 heteroatoms. The number of rotatable bonds is 10. The molecular formula is C19H30N2O4S. The summed E-state index contributed by atoms with van der Waals surface area (Å²) in [5.74, 6) is -0.210. The highest BCUT2D eigenvalue weighted by molar-refractivity contribution is 7.89. The van der Waals surface area contributed by atoms with Gasteiger partial charge in [0.2, 0.25) is 15.9 Å². The number of ether oxygens (including phenoxy) is 1. The molecule has 146 valence electrons. The summed E-state index contributed by atoms with van der Waals surface area (Å²) in [7, 11) is -3.65. The Kier molecular flexibility index (Phi) is 8.54. The molecule has 1 unspecified atom stereocenters. The van der Waals surface area contributed by atoms with Crippen molar-refractivity contribution in [2.45, 2.75) is 56.4 Å². The van der Waals surface area contributed by atoms with E-state index >= 15 is 0 Å². The highest BCUT2D eigenvalue weighted by Gasteiger charge is 2.37. The van der Waals surface area contributed by atoms with Crippen molar-refractivity contribution >= 4 is 15.9 Å². The van der Waals surface area contributed by atoms with Crippen molar-refractivity contribution in [2.75, 3.05) is 26.3 Å². The lowest BCUT2D eigenvalue weighted by atomic mass is 10.0. The third-order valence-corrected chi connectivity index (χ3v) is 6.44. The number of sulfonamides is 1. The minimum Gasteiger partial charge on any atom is -0.381 e. The van der Waals surface area contributed by atoms with E-state index in [1.54, 1.807) is 30.3 Å². The van der Waals surface area contributed by atoms with Crippen LogP contribution in [0.25, 0.3) is 0 Å². The third kappa shape index (κ3) is 5.79. The minimum absolute atomic E-state index is 0.210. The quantitative estimate of drug-likeness (QED) is 0.631. The van der Waals surface area contributed by atoms with Gasteiger partial charge < -0.3 is 10.1 Å². The van der Waals surface area contributed by atoms with Gasteiger partial charge in [0.05, 0.1) is 4.90 Å². The molecule has 26 heavy (non-hydrogen) atoms. The molecule has 0 spiro atoms. The number of nitrogens with zero attached hydrogens (tertiary/aromatic N) is 1. The summed E-state index contributed by atoms with van der Waals surface area (Å²) in [6, 6.07) is 7.70. The van der Waals surface area contributed by atoms with E-state index in [1.807, 2.05) is 0 Å². The van der Waals surface area contributed by atoms with E-state index in [9.17, 15) is 13.2 Å². The zero-order valence-electron chi connectivity index (χ0n) is 15.5. The SMILES string of the molecule is CCCCOCCCNC(=O)C1CCCCN1S(=O)(=O)c1ccccc1. The molecule has 1 atom stereocenters. The molecule has 0 radical (unpaired) electrons. The fraction of sp³-hybridized carbons (Fsp3) is 0.632. The van der Waals surface area contributed by atoms with E-state index in [0.29, 0.717) is 26.1 Å². The summed E-state index contributed by atoms with van der Waals surface area (Å²) in [5.41, 5.74) is 0. The molecule has 1 aliphatic heterocycles. The number of nitrogens with one attached hydrogen (secondary N) is 1. The van der Waals surface area contributed by atoms with Crippen LogP contribution in [-0.4, -0.2) is 51.0 Å². The van der Waals surface area contributed by atoms with Gasteiger partial charge in [-0.3, -0.25) is 4.79 Å². The standard InChI is InChI=1S/C19H30N2O4S/c1-2-3-15-25-16-9-13-20-19(22)18-12-7-8-14-21(18)26(23,24)17-10-5-4-6-11-17/h4-6,10-11,18H,2-3,7-9,12-16H2,1H3,(H,20,22). The topological polar surface area (TPSA) is 75.7 Å². The second-order valence-corrected chi connectivity index (χ2v) is 8.44. The van der Waals surface area contributed by atoms with Crippen LogP contribution in [0.2, 0.25) is 0 Å². The van der Waals surface area contributed by atoms with Crippen LogP contribution in [0.1, 0.15) is 45.4 Å². The van der Waals surface area contributed by atoms with E-state index in [1.165, 1.54) is 4.31 Å². The smallest absolute Gasteiger partial charge is 0.243 e. The lowest BCUT2D eigenvalue weighted by Gasteiger charge is -2.33. The van der Waals surface area contributed by atoms with Crippen LogP contribution in [0.3, 0.4) is 0 Å². The molecule has 1 saturated heterocycles. The number of piperidine rings is 1. The summed E-state index contributed by atoms with van der Waals surface area (Å²) in [6.07, 6.45) is 5.07. The molecule has 1 heterocycles. The summed E-state index contributed by atoms with van der Waals surface area (Å²) in [6.45, 7) is 4.35. The fourth-order valence-electron chi connectivity index (χ4n) is 3.03. The van der Waals surface area contributed by atoms with E-state index < -0.39 is 16.1 Å². The van der Waals surface area contributed by atoms with Gasteiger partial charge in [0.1, 0.15) is 6.04 Å². The summed E-state index contributed by atoms with van der Waals surface area (Å²) < 4.78 is 32.6. The van der Waals surface area contributed by atoms with Crippen LogP contribution in [0.15, 0.2) is 35.2 Å². The number of hydrogen-bond donors (Lipinski definition) is 1. The highest BCUT2D eigenvalue weighted by atomic mass is 32.2. The molecule has 1 fully saturated rings. The second kappa shape index (κ2) is 10.6. The van der Waals surface area contributed by atoms with Crippen LogP contribution in [0, 0.1) is 0 Å². The van der Waals surface area contributed by atoms with Gasteiger partial charge >= 0.3 is 0 Å². The summed E-state index contributed by atoms with van der Waals surface area (Å²) in [5, 5.41) is 2.87. The van der Waals surface area contributed by atoms with Crippen molar-refractivity contribution in [3.8, 4) is 0 Å². The molecule has 1 aromatic carbocycles. The first-order valence-electron chi connectivity index (χ1n) is 9.49. The van der Waals surface area contributed by atoms with Crippen molar-refractivity contribution in [3.63, 3.8) is 0 Å². The molecule has 0 bridgehead atoms. The van der Waals surface area contributed by atoms with Gasteiger partial charge in [-0.15, -0.1) is 0 Å². The maximum atomic E-state index is 12.9. The first-order valence-corrected chi connectivity index (χ1v) is 10.9. The molecule has 1 amide bonds. The Bertz CT molecular complexity index is 649. The van der Waals surface area contributed by atoms with Crippen LogP contribution in [0.4, 0.5) is 0 Å². The molecule has 1 aliphatic rings. The van der Waals surface area contributed by atoms with E-state index in [2.05, 4.69) is 12.2 Å². The van der Waals surface area contributed by atoms with Crippen molar-refractivity contribution < 1.29 is 17.9 Å². The summed E-state index contributed by atoms with van der Waals surface area (Å²) >= 11 is 0. The average molecular weight is 383 g/mol. The van der Waals surface area contributed by atoms with E-state index in [4.69, 9.17) is 4.74 Å². The molecule has 6 nitrogen and oxygen atoms in total. The molecular weight excluding hydrogens is 352 g/mol. The van der Waals surface area contributed by atoms with Crippen molar-refractivity contribution in [1.82, 2.24) is 9.62 Å². The minimum atomic E-state index is -3.65. The Balaban J connectivity index is 1.90. The number of carbonyl (C=O) groups excluding carboxylic acids is 1. The van der Waals surface area contributed by atoms with Gasteiger partial charge in [-0.25, -0.2) is 8.42 Å². The van der Waals surface area contributed by atoms with Crippen LogP contribution in [-0.2, 0) is 19.6 Å². The Morgan fingerprint density at radius 1 is 1.19 bits per heavy atom. The van der Waals surface area contributed by atoms with Crippen LogP contribution < -0.4 is 5.32 Å². The fourth-order valence-corrected chi connectivity index (χ4v) is 4.71. The maximum absolute atomic E-state index is 12.9. The number of unbranched alkanes of at least 4 members (excludes halogenated alkanes) is 1. The van der Waals surface area contributed by atoms with Gasteiger partial charge in [0.15, 0.2) is 0 Å². The Morgan fingerprint density at radius 3 is 2.65 bits per heavy atom. The van der Waals surface area contributed by atoms with Crippen LogP contribution >= 0.6 is 0 Å². The lowest BCUT2D eigenvalue weighted by Crippen LogP contribution is -2.51. The molecule has 2 rings (SSSR count). The van der Waals surface area contributed by atoms with Crippen molar-refractivity contribution in [3.05, 3.63) is 30.3 Å². The van der Waals surface area contributed by atoms with Gasteiger partial charge in [-0.2, -0.15) is 4.31 Å². The number of carbonyl (C=O) groups is 1. The molecule has 1 aromatic rings. The first kappa shape index (κ1) is 20.9. The number of benzene rings is 1. The molecule has 0 saturated carbocycles. The largest absolute Gasteiger partial charge is 0.381 e. The predicted octanol–water partition coefficient (Wildman–Crippen LogP) is 2.55. The van der Waals surface area contributed by atoms with Gasteiger partial charge in [0, 0.05) is 26.3 Å². The lowest BCUT2D eigenvalue weighted by molar-refractivity contribution is -0.125. The number of amides is 1. The maximum Gasteiger partial charge on any atom is 0.243 e. The van der Waals surface area contributed by atoms with Gasteiger partial charge in [-0.1, -0.05) is 38.0 Å². The predicted molar refractivity (Wildman–Crippen MR) is 101 cm³/mol. The van der Waals surface area contributed by atoms with Crippen molar-refractivity contribution in [2.24, 2.45) is 0 Å². The monoisotopic (exact) mass is 382 g/mol. The molecule has 0 aliphatic carbocycles. The number of hydrogen-bond acceptors (Lipinski definition) is 4. The summed E-state index contributed by atoms with van der Waals surface area (Å²) in [4.78, 5) is 12.8. The first-order chi connectivity index (χ1) is 12.6. The Hall–Kier alpha value is -1.44.